The van der Waals surface area contributed by atoms with E-state index >= 15 is 0 Å². The third-order valence-electron chi connectivity index (χ3n) is 3.00. The number of thiophene rings is 1. The molecule has 106 valence electrons. The number of anilines is 2. The Balaban J connectivity index is 1.97. The minimum absolute atomic E-state index is 0.363. The highest BCUT2D eigenvalue weighted by molar-refractivity contribution is 7.18. The Kier molecular flexibility index (Phi) is 3.53. The summed E-state index contributed by atoms with van der Waals surface area (Å²) >= 11 is 1.62. The largest absolute Gasteiger partial charge is 0.465 e. The van der Waals surface area contributed by atoms with E-state index in [9.17, 15) is 4.79 Å². The Morgan fingerprint density at radius 1 is 1.29 bits per heavy atom. The van der Waals surface area contributed by atoms with Crippen molar-refractivity contribution in [2.24, 2.45) is 0 Å². The lowest BCUT2D eigenvalue weighted by molar-refractivity contribution is 0.0601. The first-order valence-corrected chi connectivity index (χ1v) is 7.15. The fourth-order valence-corrected chi connectivity index (χ4v) is 2.90. The van der Waals surface area contributed by atoms with Crippen molar-refractivity contribution < 1.29 is 9.53 Å². The summed E-state index contributed by atoms with van der Waals surface area (Å²) < 4.78 is 4.72. The second-order valence-corrected chi connectivity index (χ2v) is 5.73. The van der Waals surface area contributed by atoms with Gasteiger partial charge in [-0.25, -0.2) is 14.8 Å². The SMILES string of the molecule is COC(=O)c1cccc(Nc2ncnc3sc(C)cc23)c1. The average molecular weight is 299 g/mol. The Labute approximate surface area is 125 Å². The number of nitrogens with one attached hydrogen (secondary N) is 1. The van der Waals surface area contributed by atoms with Crippen LogP contribution in [0.25, 0.3) is 10.2 Å². The highest BCUT2D eigenvalue weighted by Crippen LogP contribution is 2.29. The van der Waals surface area contributed by atoms with Gasteiger partial charge in [0.1, 0.15) is 17.0 Å². The molecule has 1 N–H and O–H groups in total. The lowest BCUT2D eigenvalue weighted by Crippen LogP contribution is -2.02. The number of benzene rings is 1. The molecule has 0 spiro atoms. The van der Waals surface area contributed by atoms with Crippen LogP contribution in [0.4, 0.5) is 11.5 Å². The van der Waals surface area contributed by atoms with Gasteiger partial charge in [0.05, 0.1) is 18.1 Å². The molecule has 0 atom stereocenters. The van der Waals surface area contributed by atoms with Gasteiger partial charge in [0.25, 0.3) is 0 Å². The molecule has 0 aliphatic carbocycles. The van der Waals surface area contributed by atoms with Crippen molar-refractivity contribution in [2.45, 2.75) is 6.92 Å². The zero-order chi connectivity index (χ0) is 14.8. The monoisotopic (exact) mass is 299 g/mol. The maximum atomic E-state index is 11.6. The highest BCUT2D eigenvalue weighted by Gasteiger charge is 2.09. The van der Waals surface area contributed by atoms with Crippen molar-refractivity contribution in [1.29, 1.82) is 0 Å². The van der Waals surface area contributed by atoms with Crippen LogP contribution >= 0.6 is 11.3 Å². The van der Waals surface area contributed by atoms with Crippen LogP contribution in [-0.2, 0) is 4.74 Å². The minimum Gasteiger partial charge on any atom is -0.465 e. The molecule has 5 nitrogen and oxygen atoms in total. The summed E-state index contributed by atoms with van der Waals surface area (Å²) in [5, 5.41) is 4.20. The zero-order valence-corrected chi connectivity index (χ0v) is 12.4. The topological polar surface area (TPSA) is 64.1 Å². The number of aromatic nitrogens is 2. The molecule has 0 unspecified atom stereocenters. The minimum atomic E-state index is -0.363. The Morgan fingerprint density at radius 3 is 2.95 bits per heavy atom. The first-order valence-electron chi connectivity index (χ1n) is 6.34. The molecule has 3 rings (SSSR count). The fourth-order valence-electron chi connectivity index (χ4n) is 2.05. The van der Waals surface area contributed by atoms with E-state index < -0.39 is 0 Å². The van der Waals surface area contributed by atoms with Gasteiger partial charge in [-0.15, -0.1) is 11.3 Å². The lowest BCUT2D eigenvalue weighted by Gasteiger charge is -2.07. The van der Waals surface area contributed by atoms with Crippen molar-refractivity contribution in [1.82, 2.24) is 9.97 Å². The maximum Gasteiger partial charge on any atom is 0.337 e. The van der Waals surface area contributed by atoms with E-state index in [1.807, 2.05) is 19.1 Å². The summed E-state index contributed by atoms with van der Waals surface area (Å²) in [4.78, 5) is 22.2. The number of carbonyl (C=O) groups is 1. The van der Waals surface area contributed by atoms with Gasteiger partial charge in [-0.2, -0.15) is 0 Å². The van der Waals surface area contributed by atoms with Crippen molar-refractivity contribution in [3.05, 3.63) is 47.1 Å². The van der Waals surface area contributed by atoms with Crippen LogP contribution in [0, 0.1) is 6.92 Å². The number of methoxy groups -OCH3 is 1. The molecular weight excluding hydrogens is 286 g/mol. The number of hydrogen-bond donors (Lipinski definition) is 1. The van der Waals surface area contributed by atoms with Gasteiger partial charge >= 0.3 is 5.97 Å². The van der Waals surface area contributed by atoms with E-state index in [1.54, 1.807) is 29.5 Å². The number of hydrogen-bond acceptors (Lipinski definition) is 6. The van der Waals surface area contributed by atoms with E-state index in [-0.39, 0.29) is 5.97 Å². The molecule has 1 aromatic carbocycles. The molecule has 0 saturated heterocycles. The molecule has 6 heteroatoms. The van der Waals surface area contributed by atoms with Crippen molar-refractivity contribution >= 4 is 39.0 Å². The predicted molar refractivity (Wildman–Crippen MR) is 83.2 cm³/mol. The average Bonchev–Trinajstić information content (AvgIpc) is 2.88. The van der Waals surface area contributed by atoms with Crippen LogP contribution in [0.2, 0.25) is 0 Å². The number of carbonyl (C=O) groups excluding carboxylic acids is 1. The van der Waals surface area contributed by atoms with Crippen LogP contribution in [0.5, 0.6) is 0 Å². The second-order valence-electron chi connectivity index (χ2n) is 4.50. The van der Waals surface area contributed by atoms with E-state index in [0.717, 1.165) is 21.7 Å². The predicted octanol–water partition coefficient (Wildman–Crippen LogP) is 3.53. The second kappa shape index (κ2) is 5.49. The summed E-state index contributed by atoms with van der Waals surface area (Å²) in [5.74, 6) is 0.365. The van der Waals surface area contributed by atoms with Crippen molar-refractivity contribution in [2.75, 3.05) is 12.4 Å². The summed E-state index contributed by atoms with van der Waals surface area (Å²) in [7, 11) is 1.37. The Bertz CT molecular complexity index is 814. The molecule has 2 heterocycles. The number of rotatable bonds is 3. The van der Waals surface area contributed by atoms with Gasteiger partial charge in [-0.1, -0.05) is 6.07 Å². The fraction of sp³-hybridized carbons (Fsp3) is 0.133. The van der Waals surface area contributed by atoms with Gasteiger partial charge < -0.3 is 10.1 Å². The first-order chi connectivity index (χ1) is 10.2. The molecule has 2 aromatic heterocycles. The van der Waals surface area contributed by atoms with Crippen LogP contribution in [0.3, 0.4) is 0 Å². The summed E-state index contributed by atoms with van der Waals surface area (Å²) in [6.45, 7) is 2.04. The van der Waals surface area contributed by atoms with Crippen molar-refractivity contribution in [3.8, 4) is 0 Å². The summed E-state index contributed by atoms with van der Waals surface area (Å²) in [6, 6.07) is 9.16. The van der Waals surface area contributed by atoms with Gasteiger partial charge in [-0.3, -0.25) is 0 Å². The molecule has 3 aromatic rings. The third-order valence-corrected chi connectivity index (χ3v) is 3.96. The van der Waals surface area contributed by atoms with E-state index in [2.05, 4.69) is 15.3 Å². The number of ether oxygens (including phenoxy) is 1. The molecule has 0 bridgehead atoms. The van der Waals surface area contributed by atoms with Crippen LogP contribution < -0.4 is 5.32 Å². The van der Waals surface area contributed by atoms with Gasteiger partial charge in [0.15, 0.2) is 0 Å². The number of esters is 1. The summed E-state index contributed by atoms with van der Waals surface area (Å²) in [6.07, 6.45) is 1.53. The quantitative estimate of drug-likeness (QED) is 0.749. The van der Waals surface area contributed by atoms with Crippen LogP contribution in [0.15, 0.2) is 36.7 Å². The molecule has 0 aliphatic heterocycles. The molecule has 21 heavy (non-hydrogen) atoms. The smallest absolute Gasteiger partial charge is 0.337 e. The zero-order valence-electron chi connectivity index (χ0n) is 11.6. The van der Waals surface area contributed by atoms with Gasteiger partial charge in [0.2, 0.25) is 0 Å². The van der Waals surface area contributed by atoms with Crippen molar-refractivity contribution in [3.63, 3.8) is 0 Å². The lowest BCUT2D eigenvalue weighted by atomic mass is 10.2. The van der Waals surface area contributed by atoms with Crippen LogP contribution in [0.1, 0.15) is 15.2 Å². The molecule has 0 radical (unpaired) electrons. The number of fused-ring (bicyclic) bond motifs is 1. The van der Waals surface area contributed by atoms with E-state index in [4.69, 9.17) is 4.74 Å². The maximum absolute atomic E-state index is 11.6. The molecule has 0 saturated carbocycles. The first kappa shape index (κ1) is 13.5. The van der Waals surface area contributed by atoms with Crippen LogP contribution in [-0.4, -0.2) is 23.0 Å². The Hall–Kier alpha value is -2.47. The Morgan fingerprint density at radius 2 is 2.14 bits per heavy atom. The molecule has 0 amide bonds. The van der Waals surface area contributed by atoms with E-state index in [1.165, 1.54) is 18.3 Å². The van der Waals surface area contributed by atoms with Gasteiger partial charge in [0, 0.05) is 10.6 Å². The molecule has 0 aliphatic rings. The highest BCUT2D eigenvalue weighted by atomic mass is 32.1. The number of nitrogens with zero attached hydrogens (tertiary/aromatic N) is 2. The van der Waals surface area contributed by atoms with Gasteiger partial charge in [-0.05, 0) is 31.2 Å². The number of aryl methyl sites for hydroxylation is 1. The molecule has 0 fully saturated rings. The van der Waals surface area contributed by atoms with E-state index in [0.29, 0.717) is 5.56 Å². The third kappa shape index (κ3) is 2.71. The summed E-state index contributed by atoms with van der Waals surface area (Å²) in [5.41, 5.74) is 1.27. The normalized spacial score (nSPS) is 10.6. The molecular formula is C15H13N3O2S. The standard InChI is InChI=1S/C15H13N3O2S/c1-9-6-12-13(16-8-17-14(12)21-9)18-11-5-3-4-10(7-11)15(19)20-2/h3-8H,1-2H3,(H,16,17,18).